The molecule has 0 aromatic heterocycles. The molecular weight excluding hydrogens is 206 g/mol. The van der Waals surface area contributed by atoms with Gasteiger partial charge in [0, 0.05) is 11.0 Å². The molecule has 2 nitrogen and oxygen atoms in total. The van der Waals surface area contributed by atoms with Gasteiger partial charge in [-0.1, -0.05) is 28.1 Å². The Morgan fingerprint density at radius 1 is 1.36 bits per heavy atom. The fraction of sp³-hybridized carbons (Fsp3) is 0.125. The van der Waals surface area contributed by atoms with Crippen LogP contribution in [0.15, 0.2) is 24.3 Å². The van der Waals surface area contributed by atoms with Gasteiger partial charge in [-0.2, -0.15) is 0 Å². The van der Waals surface area contributed by atoms with Crippen LogP contribution in [0, 0.1) is 0 Å². The van der Waals surface area contributed by atoms with Crippen molar-refractivity contribution in [1.82, 2.24) is 0 Å². The number of rotatable bonds is 3. The van der Waals surface area contributed by atoms with Crippen molar-refractivity contribution in [3.05, 3.63) is 29.8 Å². The monoisotopic (exact) mass is 213 g/mol. The van der Waals surface area contributed by atoms with Gasteiger partial charge >= 0.3 is 0 Å². The molecule has 1 rings (SSSR count). The van der Waals surface area contributed by atoms with E-state index in [1.165, 1.54) is 5.56 Å². The summed E-state index contributed by atoms with van der Waals surface area (Å²) in [4.78, 5) is 10.0. The van der Waals surface area contributed by atoms with Crippen LogP contribution in [0.25, 0.3) is 0 Å². The highest BCUT2D eigenvalue weighted by Crippen LogP contribution is 2.10. The van der Waals surface area contributed by atoms with Gasteiger partial charge in [0.25, 0.3) is 0 Å². The van der Waals surface area contributed by atoms with Gasteiger partial charge in [-0.3, -0.25) is 4.79 Å². The average molecular weight is 214 g/mol. The van der Waals surface area contributed by atoms with Crippen molar-refractivity contribution >= 4 is 28.0 Å². The van der Waals surface area contributed by atoms with E-state index in [1.54, 1.807) is 0 Å². The highest BCUT2D eigenvalue weighted by atomic mass is 79.9. The van der Waals surface area contributed by atoms with E-state index in [4.69, 9.17) is 0 Å². The lowest BCUT2D eigenvalue weighted by molar-refractivity contribution is -0.105. The van der Waals surface area contributed by atoms with Crippen molar-refractivity contribution in [3.8, 4) is 0 Å². The van der Waals surface area contributed by atoms with E-state index in [0.29, 0.717) is 6.41 Å². The molecule has 0 heterocycles. The standard InChI is InChI=1S/C8H8BrNO/c9-5-7-1-3-8(4-2-7)10-6-11/h1-4,6H,5H2,(H,10,11). The van der Waals surface area contributed by atoms with Crippen LogP contribution in [0.4, 0.5) is 5.69 Å². The first kappa shape index (κ1) is 8.27. The molecule has 0 atom stereocenters. The Balaban J connectivity index is 2.74. The minimum Gasteiger partial charge on any atom is -0.329 e. The number of nitrogens with one attached hydrogen (secondary N) is 1. The molecule has 1 amide bonds. The maximum atomic E-state index is 10.0. The molecule has 0 spiro atoms. The van der Waals surface area contributed by atoms with Crippen molar-refractivity contribution in [2.24, 2.45) is 0 Å². The normalized spacial score (nSPS) is 9.18. The van der Waals surface area contributed by atoms with E-state index in [0.717, 1.165) is 11.0 Å². The van der Waals surface area contributed by atoms with E-state index in [2.05, 4.69) is 21.2 Å². The lowest BCUT2D eigenvalue weighted by Gasteiger charge is -1.98. The van der Waals surface area contributed by atoms with Crippen LogP contribution >= 0.6 is 15.9 Å². The zero-order valence-corrected chi connectivity index (χ0v) is 7.47. The molecule has 1 aromatic carbocycles. The molecule has 0 fully saturated rings. The first-order chi connectivity index (χ1) is 5.36. The Labute approximate surface area is 73.7 Å². The molecule has 0 saturated carbocycles. The second-order valence-corrected chi connectivity index (χ2v) is 2.65. The predicted molar refractivity (Wildman–Crippen MR) is 48.8 cm³/mol. The SMILES string of the molecule is O=CNc1ccc(CBr)cc1. The Hall–Kier alpha value is -0.830. The average Bonchev–Trinajstić information content (AvgIpc) is 2.07. The third-order valence-electron chi connectivity index (χ3n) is 1.33. The lowest BCUT2D eigenvalue weighted by atomic mass is 10.2. The minimum absolute atomic E-state index is 0.670. The molecule has 1 N–H and O–H groups in total. The number of carbonyl (C=O) groups is 1. The summed E-state index contributed by atoms with van der Waals surface area (Å²) in [5.74, 6) is 0. The zero-order valence-electron chi connectivity index (χ0n) is 5.88. The summed E-state index contributed by atoms with van der Waals surface area (Å²) in [5.41, 5.74) is 2.02. The number of hydrogen-bond donors (Lipinski definition) is 1. The third kappa shape index (κ3) is 2.35. The summed E-state index contributed by atoms with van der Waals surface area (Å²) in [5, 5.41) is 3.40. The first-order valence-electron chi connectivity index (χ1n) is 3.22. The van der Waals surface area contributed by atoms with Gasteiger partial charge in [0.05, 0.1) is 0 Å². The molecule has 58 valence electrons. The lowest BCUT2D eigenvalue weighted by Crippen LogP contribution is -1.92. The number of benzene rings is 1. The quantitative estimate of drug-likeness (QED) is 0.606. The largest absolute Gasteiger partial charge is 0.329 e. The molecule has 11 heavy (non-hydrogen) atoms. The maximum absolute atomic E-state index is 10.0. The highest BCUT2D eigenvalue weighted by molar-refractivity contribution is 9.08. The number of anilines is 1. The number of halogens is 1. The van der Waals surface area contributed by atoms with E-state index in [-0.39, 0.29) is 0 Å². The van der Waals surface area contributed by atoms with E-state index < -0.39 is 0 Å². The van der Waals surface area contributed by atoms with Gasteiger partial charge in [-0.15, -0.1) is 0 Å². The molecule has 0 aliphatic heterocycles. The van der Waals surface area contributed by atoms with Crippen molar-refractivity contribution in [2.75, 3.05) is 5.32 Å². The van der Waals surface area contributed by atoms with Gasteiger partial charge in [0.2, 0.25) is 6.41 Å². The van der Waals surface area contributed by atoms with Crippen LogP contribution in [-0.4, -0.2) is 6.41 Å². The van der Waals surface area contributed by atoms with Gasteiger partial charge in [0.1, 0.15) is 0 Å². The molecule has 0 unspecified atom stereocenters. The Morgan fingerprint density at radius 2 is 2.00 bits per heavy atom. The molecule has 0 radical (unpaired) electrons. The predicted octanol–water partition coefficient (Wildman–Crippen LogP) is 2.15. The molecular formula is C8H8BrNO. The summed E-state index contributed by atoms with van der Waals surface area (Å²) in [6.07, 6.45) is 0.670. The molecule has 0 saturated heterocycles. The second kappa shape index (κ2) is 4.13. The fourth-order valence-corrected chi connectivity index (χ4v) is 1.13. The van der Waals surface area contributed by atoms with Crippen LogP contribution in [0.2, 0.25) is 0 Å². The van der Waals surface area contributed by atoms with E-state index >= 15 is 0 Å². The minimum atomic E-state index is 0.670. The van der Waals surface area contributed by atoms with Gasteiger partial charge < -0.3 is 5.32 Å². The zero-order chi connectivity index (χ0) is 8.10. The topological polar surface area (TPSA) is 29.1 Å². The number of carbonyl (C=O) groups excluding carboxylic acids is 1. The molecule has 1 aromatic rings. The third-order valence-corrected chi connectivity index (χ3v) is 1.98. The Morgan fingerprint density at radius 3 is 2.45 bits per heavy atom. The number of hydrogen-bond acceptors (Lipinski definition) is 1. The van der Waals surface area contributed by atoms with Crippen molar-refractivity contribution in [2.45, 2.75) is 5.33 Å². The van der Waals surface area contributed by atoms with Crippen molar-refractivity contribution in [3.63, 3.8) is 0 Å². The van der Waals surface area contributed by atoms with Gasteiger partial charge in [-0.05, 0) is 17.7 Å². The Bertz CT molecular complexity index is 232. The summed E-state index contributed by atoms with van der Waals surface area (Å²) >= 11 is 3.33. The fourth-order valence-electron chi connectivity index (χ4n) is 0.758. The van der Waals surface area contributed by atoms with E-state index in [1.807, 2.05) is 24.3 Å². The highest BCUT2D eigenvalue weighted by Gasteiger charge is 1.90. The van der Waals surface area contributed by atoms with Crippen molar-refractivity contribution in [1.29, 1.82) is 0 Å². The molecule has 3 heteroatoms. The van der Waals surface area contributed by atoms with Crippen LogP contribution in [0.5, 0.6) is 0 Å². The van der Waals surface area contributed by atoms with Gasteiger partial charge in [0.15, 0.2) is 0 Å². The van der Waals surface area contributed by atoms with E-state index in [9.17, 15) is 4.79 Å². The molecule has 0 bridgehead atoms. The number of alkyl halides is 1. The molecule has 0 aliphatic carbocycles. The van der Waals surface area contributed by atoms with Crippen LogP contribution < -0.4 is 5.32 Å². The summed E-state index contributed by atoms with van der Waals surface area (Å²) < 4.78 is 0. The van der Waals surface area contributed by atoms with Gasteiger partial charge in [-0.25, -0.2) is 0 Å². The van der Waals surface area contributed by atoms with Crippen molar-refractivity contribution < 1.29 is 4.79 Å². The summed E-state index contributed by atoms with van der Waals surface area (Å²) in [6, 6.07) is 7.65. The summed E-state index contributed by atoms with van der Waals surface area (Å²) in [7, 11) is 0. The smallest absolute Gasteiger partial charge is 0.211 e. The summed E-state index contributed by atoms with van der Waals surface area (Å²) in [6.45, 7) is 0. The van der Waals surface area contributed by atoms with Crippen LogP contribution in [0.3, 0.4) is 0 Å². The first-order valence-corrected chi connectivity index (χ1v) is 4.34. The Kier molecular flexibility index (Phi) is 3.11. The van der Waals surface area contributed by atoms with Crippen LogP contribution in [0.1, 0.15) is 5.56 Å². The molecule has 0 aliphatic rings. The second-order valence-electron chi connectivity index (χ2n) is 2.09. The maximum Gasteiger partial charge on any atom is 0.211 e. The van der Waals surface area contributed by atoms with Crippen LogP contribution in [-0.2, 0) is 10.1 Å². The number of amides is 1.